The summed E-state index contributed by atoms with van der Waals surface area (Å²) in [5, 5.41) is 0. The third-order valence-electron chi connectivity index (χ3n) is 2.98. The minimum Gasteiger partial charge on any atom is -0.461 e. The van der Waals surface area contributed by atoms with Gasteiger partial charge in [0, 0.05) is 6.42 Å². The van der Waals surface area contributed by atoms with Crippen LogP contribution in [0.2, 0.25) is 0 Å². The van der Waals surface area contributed by atoms with Gasteiger partial charge in [0.1, 0.15) is 14.5 Å². The van der Waals surface area contributed by atoms with Crippen LogP contribution in [0.25, 0.3) is 0 Å². The quantitative estimate of drug-likeness (QED) is 0.597. The summed E-state index contributed by atoms with van der Waals surface area (Å²) in [4.78, 5) is 11.6. The van der Waals surface area contributed by atoms with Gasteiger partial charge in [-0.1, -0.05) is 60.1 Å². The standard InChI is InChI=1S/C16H17BO2/c17-15-9-6-13(7-10-15)8-11-16(18)19-12-14-4-2-1-3-5-14/h1-7,9-10H,8,11-12,17H2. The summed E-state index contributed by atoms with van der Waals surface area (Å²) in [5.74, 6) is -0.149. The Morgan fingerprint density at radius 1 is 0.947 bits per heavy atom. The summed E-state index contributed by atoms with van der Waals surface area (Å²) in [6.45, 7) is 0.355. The maximum absolute atomic E-state index is 11.6. The third kappa shape index (κ3) is 4.62. The van der Waals surface area contributed by atoms with E-state index >= 15 is 0 Å². The Balaban J connectivity index is 1.74. The number of esters is 1. The zero-order chi connectivity index (χ0) is 13.5. The minimum absolute atomic E-state index is 0.149. The third-order valence-corrected chi connectivity index (χ3v) is 2.98. The van der Waals surface area contributed by atoms with Gasteiger partial charge in [0.25, 0.3) is 0 Å². The number of carbonyl (C=O) groups excluding carboxylic acids is 1. The maximum atomic E-state index is 11.6. The fourth-order valence-electron chi connectivity index (χ4n) is 1.81. The van der Waals surface area contributed by atoms with E-state index in [-0.39, 0.29) is 5.97 Å². The second kappa shape index (κ2) is 6.79. The van der Waals surface area contributed by atoms with E-state index in [9.17, 15) is 4.79 Å². The highest BCUT2D eigenvalue weighted by Gasteiger charge is 2.04. The van der Waals surface area contributed by atoms with Gasteiger partial charge in [0.15, 0.2) is 0 Å². The Morgan fingerprint density at radius 2 is 1.63 bits per heavy atom. The molecule has 0 radical (unpaired) electrons. The Labute approximate surface area is 114 Å². The first kappa shape index (κ1) is 13.4. The molecule has 2 rings (SSSR count). The number of ether oxygens (including phenoxy) is 1. The van der Waals surface area contributed by atoms with E-state index in [0.717, 1.165) is 12.0 Å². The average Bonchev–Trinajstić information content (AvgIpc) is 2.45. The number of carbonyl (C=O) groups is 1. The number of hydrogen-bond acceptors (Lipinski definition) is 2. The summed E-state index contributed by atoms with van der Waals surface area (Å²) in [6.07, 6.45) is 1.16. The van der Waals surface area contributed by atoms with Crippen molar-refractivity contribution in [2.75, 3.05) is 0 Å². The van der Waals surface area contributed by atoms with Crippen molar-refractivity contribution in [1.29, 1.82) is 0 Å². The molecule has 0 unspecified atom stereocenters. The number of rotatable bonds is 5. The first-order valence-electron chi connectivity index (χ1n) is 6.49. The molecule has 0 amide bonds. The van der Waals surface area contributed by atoms with Gasteiger partial charge >= 0.3 is 5.97 Å². The van der Waals surface area contributed by atoms with E-state index in [1.807, 2.05) is 30.3 Å². The fraction of sp³-hybridized carbons (Fsp3) is 0.188. The summed E-state index contributed by atoms with van der Waals surface area (Å²) < 4.78 is 5.23. The highest BCUT2D eigenvalue weighted by molar-refractivity contribution is 6.32. The molecular weight excluding hydrogens is 235 g/mol. The molecule has 2 aromatic carbocycles. The van der Waals surface area contributed by atoms with Crippen LogP contribution in [0.5, 0.6) is 0 Å². The van der Waals surface area contributed by atoms with E-state index in [0.29, 0.717) is 13.0 Å². The van der Waals surface area contributed by atoms with Gasteiger partial charge in [0.2, 0.25) is 0 Å². The second-order valence-electron chi connectivity index (χ2n) is 4.63. The first-order valence-corrected chi connectivity index (χ1v) is 6.49. The van der Waals surface area contributed by atoms with E-state index in [4.69, 9.17) is 4.74 Å². The summed E-state index contributed by atoms with van der Waals surface area (Å²) >= 11 is 0. The highest BCUT2D eigenvalue weighted by Crippen LogP contribution is 2.05. The lowest BCUT2D eigenvalue weighted by atomic mass is 9.94. The van der Waals surface area contributed by atoms with Crippen LogP contribution in [-0.2, 0) is 22.6 Å². The smallest absolute Gasteiger partial charge is 0.306 e. The molecule has 0 saturated heterocycles. The monoisotopic (exact) mass is 252 g/mol. The lowest BCUT2D eigenvalue weighted by Gasteiger charge is -2.05. The summed E-state index contributed by atoms with van der Waals surface area (Å²) in [6, 6.07) is 18.0. The van der Waals surface area contributed by atoms with Crippen LogP contribution in [0.4, 0.5) is 0 Å². The van der Waals surface area contributed by atoms with Crippen LogP contribution in [0, 0.1) is 0 Å². The average molecular weight is 252 g/mol. The van der Waals surface area contributed by atoms with Gasteiger partial charge in [-0.15, -0.1) is 0 Å². The topological polar surface area (TPSA) is 26.3 Å². The molecule has 0 bridgehead atoms. The Kier molecular flexibility index (Phi) is 4.79. The maximum Gasteiger partial charge on any atom is 0.306 e. The van der Waals surface area contributed by atoms with Crippen LogP contribution in [0.15, 0.2) is 54.6 Å². The molecule has 0 atom stereocenters. The van der Waals surface area contributed by atoms with Gasteiger partial charge < -0.3 is 4.74 Å². The van der Waals surface area contributed by atoms with Gasteiger partial charge in [0.05, 0.1) is 0 Å². The second-order valence-corrected chi connectivity index (χ2v) is 4.63. The van der Waals surface area contributed by atoms with Crippen molar-refractivity contribution in [3.05, 3.63) is 65.7 Å². The van der Waals surface area contributed by atoms with Crippen molar-refractivity contribution in [1.82, 2.24) is 0 Å². The lowest BCUT2D eigenvalue weighted by Crippen LogP contribution is -2.06. The molecule has 0 aliphatic carbocycles. The van der Waals surface area contributed by atoms with Gasteiger partial charge in [-0.2, -0.15) is 0 Å². The molecule has 0 aromatic heterocycles. The Hall–Kier alpha value is -2.03. The molecule has 0 aliphatic heterocycles. The molecule has 0 heterocycles. The Morgan fingerprint density at radius 3 is 2.32 bits per heavy atom. The van der Waals surface area contributed by atoms with Crippen LogP contribution >= 0.6 is 0 Å². The van der Waals surface area contributed by atoms with Crippen molar-refractivity contribution in [3.8, 4) is 0 Å². The van der Waals surface area contributed by atoms with Crippen molar-refractivity contribution in [2.24, 2.45) is 0 Å². The zero-order valence-electron chi connectivity index (χ0n) is 11.1. The van der Waals surface area contributed by atoms with Crippen LogP contribution in [0.1, 0.15) is 17.5 Å². The predicted molar refractivity (Wildman–Crippen MR) is 79.2 cm³/mol. The number of hydrogen-bond donors (Lipinski definition) is 0. The molecule has 96 valence electrons. The van der Waals surface area contributed by atoms with Crippen molar-refractivity contribution in [3.63, 3.8) is 0 Å². The predicted octanol–water partition coefficient (Wildman–Crippen LogP) is 1.62. The van der Waals surface area contributed by atoms with Crippen molar-refractivity contribution in [2.45, 2.75) is 19.4 Å². The molecule has 2 aromatic rings. The number of aryl methyl sites for hydroxylation is 1. The molecule has 0 saturated carbocycles. The van der Waals surface area contributed by atoms with Gasteiger partial charge in [-0.05, 0) is 17.5 Å². The van der Waals surface area contributed by atoms with E-state index in [1.54, 1.807) is 0 Å². The summed E-state index contributed by atoms with van der Waals surface area (Å²) in [7, 11) is 2.05. The number of benzene rings is 2. The normalized spacial score (nSPS) is 10.1. The van der Waals surface area contributed by atoms with Crippen molar-refractivity contribution >= 4 is 19.3 Å². The first-order chi connectivity index (χ1) is 9.24. The Bertz CT molecular complexity index is 520. The van der Waals surface area contributed by atoms with Crippen LogP contribution < -0.4 is 5.46 Å². The molecule has 0 aliphatic rings. The molecule has 3 heteroatoms. The van der Waals surface area contributed by atoms with E-state index in [1.165, 1.54) is 11.0 Å². The van der Waals surface area contributed by atoms with Crippen LogP contribution in [-0.4, -0.2) is 13.8 Å². The highest BCUT2D eigenvalue weighted by atomic mass is 16.5. The molecule has 19 heavy (non-hydrogen) atoms. The van der Waals surface area contributed by atoms with E-state index < -0.39 is 0 Å². The van der Waals surface area contributed by atoms with Gasteiger partial charge in [-0.25, -0.2) is 0 Å². The largest absolute Gasteiger partial charge is 0.461 e. The minimum atomic E-state index is -0.149. The summed E-state index contributed by atoms with van der Waals surface area (Å²) in [5.41, 5.74) is 3.42. The fourth-order valence-corrected chi connectivity index (χ4v) is 1.81. The molecule has 0 fully saturated rings. The van der Waals surface area contributed by atoms with Gasteiger partial charge in [-0.3, -0.25) is 4.79 Å². The molecule has 0 spiro atoms. The molecular formula is C16H17BO2. The molecule has 2 nitrogen and oxygen atoms in total. The zero-order valence-corrected chi connectivity index (χ0v) is 11.1. The molecule has 0 N–H and O–H groups in total. The van der Waals surface area contributed by atoms with E-state index in [2.05, 4.69) is 32.1 Å². The lowest BCUT2D eigenvalue weighted by molar-refractivity contribution is -0.144. The van der Waals surface area contributed by atoms with Crippen molar-refractivity contribution < 1.29 is 9.53 Å². The van der Waals surface area contributed by atoms with Crippen LogP contribution in [0.3, 0.4) is 0 Å². The SMILES string of the molecule is Bc1ccc(CCC(=O)OCc2ccccc2)cc1.